The molecule has 7 heteroatoms. The molecule has 0 aromatic heterocycles. The fraction of sp³-hybridized carbons (Fsp3) is 0.333. The van der Waals surface area contributed by atoms with Crippen molar-refractivity contribution in [2.45, 2.75) is 12.8 Å². The van der Waals surface area contributed by atoms with Crippen LogP contribution in [0.3, 0.4) is 0 Å². The Kier molecular flexibility index (Phi) is 4.99. The number of nitro benzene ring substituents is 1. The zero-order valence-corrected chi connectivity index (χ0v) is 10.3. The van der Waals surface area contributed by atoms with E-state index in [1.165, 1.54) is 24.1 Å². The minimum atomic E-state index is -0.925. The summed E-state index contributed by atoms with van der Waals surface area (Å²) >= 11 is 0. The second-order valence-corrected chi connectivity index (χ2v) is 3.94. The number of rotatable bonds is 6. The molecular formula is C12H13N2O5. The van der Waals surface area contributed by atoms with E-state index in [1.54, 1.807) is 0 Å². The molecule has 0 atom stereocenters. The highest BCUT2D eigenvalue weighted by molar-refractivity contribution is 5.94. The molecule has 101 valence electrons. The van der Waals surface area contributed by atoms with Gasteiger partial charge in [-0.2, -0.15) is 0 Å². The van der Waals surface area contributed by atoms with Crippen molar-refractivity contribution in [3.63, 3.8) is 0 Å². The summed E-state index contributed by atoms with van der Waals surface area (Å²) in [7, 11) is 1.52. The maximum Gasteiger partial charge on any atom is 0.303 e. The van der Waals surface area contributed by atoms with E-state index in [1.807, 2.05) is 0 Å². The summed E-state index contributed by atoms with van der Waals surface area (Å²) in [5.41, 5.74) is -0.0898. The van der Waals surface area contributed by atoms with Crippen molar-refractivity contribution in [1.29, 1.82) is 0 Å². The molecule has 0 heterocycles. The van der Waals surface area contributed by atoms with Crippen LogP contribution in [-0.4, -0.2) is 40.4 Å². The second-order valence-electron chi connectivity index (χ2n) is 3.94. The van der Waals surface area contributed by atoms with Gasteiger partial charge < -0.3 is 10.0 Å². The Labute approximate surface area is 109 Å². The number of non-ortho nitro benzene ring substituents is 1. The Hall–Kier alpha value is -2.44. The summed E-state index contributed by atoms with van der Waals surface area (Å²) in [6.07, 6.45) is 0.305. The molecule has 0 bridgehead atoms. The number of carboxylic acids is 1. The molecule has 1 radical (unpaired) electrons. The van der Waals surface area contributed by atoms with Crippen LogP contribution in [0.4, 0.5) is 5.69 Å². The van der Waals surface area contributed by atoms with Gasteiger partial charge in [0.25, 0.3) is 11.6 Å². The van der Waals surface area contributed by atoms with Crippen LogP contribution in [0, 0.1) is 16.2 Å². The number of nitro groups is 1. The Morgan fingerprint density at radius 1 is 1.53 bits per heavy atom. The van der Waals surface area contributed by atoms with Crippen LogP contribution in [0.5, 0.6) is 0 Å². The summed E-state index contributed by atoms with van der Waals surface area (Å²) < 4.78 is 0. The number of carbonyl (C=O) groups is 2. The van der Waals surface area contributed by atoms with Gasteiger partial charge in [-0.1, -0.05) is 0 Å². The Morgan fingerprint density at radius 2 is 2.21 bits per heavy atom. The molecule has 0 saturated carbocycles. The highest BCUT2D eigenvalue weighted by Gasteiger charge is 2.15. The molecule has 1 aromatic rings. The lowest BCUT2D eigenvalue weighted by molar-refractivity contribution is -0.385. The molecule has 19 heavy (non-hydrogen) atoms. The van der Waals surface area contributed by atoms with Crippen molar-refractivity contribution in [1.82, 2.24) is 4.90 Å². The first-order valence-corrected chi connectivity index (χ1v) is 5.55. The first kappa shape index (κ1) is 14.6. The standard InChI is InChI=1S/C12H13N2O5/c1-13(7-3-6-11(15)16)12(17)9-4-2-5-10(8-9)14(18)19/h2,4,8H,3,6-7H2,1H3,(H,15,16). The van der Waals surface area contributed by atoms with Crippen LogP contribution in [0.1, 0.15) is 23.2 Å². The summed E-state index contributed by atoms with van der Waals surface area (Å²) in [5, 5.41) is 19.1. The third-order valence-electron chi connectivity index (χ3n) is 2.46. The highest BCUT2D eigenvalue weighted by atomic mass is 16.6. The van der Waals surface area contributed by atoms with Crippen molar-refractivity contribution < 1.29 is 19.6 Å². The van der Waals surface area contributed by atoms with Crippen molar-refractivity contribution >= 4 is 17.6 Å². The monoisotopic (exact) mass is 265 g/mol. The molecule has 0 aliphatic heterocycles. The first-order chi connectivity index (χ1) is 8.91. The zero-order valence-electron chi connectivity index (χ0n) is 10.3. The van der Waals surface area contributed by atoms with Gasteiger partial charge in [0.05, 0.1) is 11.0 Å². The van der Waals surface area contributed by atoms with E-state index < -0.39 is 10.9 Å². The molecule has 1 rings (SSSR count). The molecule has 0 spiro atoms. The molecule has 0 unspecified atom stereocenters. The van der Waals surface area contributed by atoms with Crippen LogP contribution in [0.15, 0.2) is 18.2 Å². The van der Waals surface area contributed by atoms with Crippen LogP contribution in [0.2, 0.25) is 0 Å². The topological polar surface area (TPSA) is 101 Å². The predicted octanol–water partition coefficient (Wildman–Crippen LogP) is 1.33. The lowest BCUT2D eigenvalue weighted by atomic mass is 10.1. The van der Waals surface area contributed by atoms with Gasteiger partial charge in [-0.25, -0.2) is 0 Å². The largest absolute Gasteiger partial charge is 0.481 e. The Balaban J connectivity index is 2.68. The van der Waals surface area contributed by atoms with Gasteiger partial charge in [0.2, 0.25) is 0 Å². The third kappa shape index (κ3) is 4.38. The molecule has 0 saturated heterocycles. The van der Waals surface area contributed by atoms with Crippen LogP contribution < -0.4 is 0 Å². The SMILES string of the molecule is CN(CCCC(=O)O)C(=O)c1cc[c]c([N+](=O)[O-])c1. The number of nitrogens with zero attached hydrogens (tertiary/aromatic N) is 2. The van der Waals surface area contributed by atoms with Crippen LogP contribution in [-0.2, 0) is 4.79 Å². The molecule has 1 aromatic carbocycles. The van der Waals surface area contributed by atoms with Crippen molar-refractivity contribution in [2.24, 2.45) is 0 Å². The summed E-state index contributed by atoms with van der Waals surface area (Å²) in [6.45, 7) is 0.275. The van der Waals surface area contributed by atoms with Gasteiger partial charge in [0, 0.05) is 31.6 Å². The van der Waals surface area contributed by atoms with Gasteiger partial charge in [0.1, 0.15) is 0 Å². The normalized spacial score (nSPS) is 9.95. The van der Waals surface area contributed by atoms with E-state index in [0.29, 0.717) is 6.42 Å². The number of carbonyl (C=O) groups excluding carboxylic acids is 1. The number of hydrogen-bond donors (Lipinski definition) is 1. The number of carboxylic acid groups (broad SMARTS) is 1. The smallest absolute Gasteiger partial charge is 0.303 e. The van der Waals surface area contributed by atoms with Gasteiger partial charge >= 0.3 is 5.97 Å². The lowest BCUT2D eigenvalue weighted by Gasteiger charge is -2.16. The maximum atomic E-state index is 11.9. The number of benzene rings is 1. The summed E-state index contributed by atoms with van der Waals surface area (Å²) in [4.78, 5) is 33.6. The summed E-state index contributed by atoms with van der Waals surface area (Å²) in [5.74, 6) is -1.31. The molecule has 1 N–H and O–H groups in total. The lowest BCUT2D eigenvalue weighted by Crippen LogP contribution is -2.28. The Bertz CT molecular complexity index is 501. The average Bonchev–Trinajstić information content (AvgIpc) is 2.37. The predicted molar refractivity (Wildman–Crippen MR) is 65.8 cm³/mol. The zero-order chi connectivity index (χ0) is 14.4. The average molecular weight is 265 g/mol. The molecule has 0 aliphatic rings. The first-order valence-electron chi connectivity index (χ1n) is 5.55. The molecule has 0 fully saturated rings. The van der Waals surface area contributed by atoms with Gasteiger partial charge in [-0.15, -0.1) is 0 Å². The maximum absolute atomic E-state index is 11.9. The van der Waals surface area contributed by atoms with Crippen molar-refractivity contribution in [3.05, 3.63) is 39.9 Å². The van der Waals surface area contributed by atoms with Gasteiger partial charge in [-0.05, 0) is 18.6 Å². The molecule has 0 aliphatic carbocycles. The quantitative estimate of drug-likeness (QED) is 0.617. The van der Waals surface area contributed by atoms with E-state index >= 15 is 0 Å². The van der Waals surface area contributed by atoms with E-state index in [9.17, 15) is 19.7 Å². The van der Waals surface area contributed by atoms with Crippen LogP contribution >= 0.6 is 0 Å². The van der Waals surface area contributed by atoms with E-state index in [-0.39, 0.29) is 30.1 Å². The number of hydrogen-bond acceptors (Lipinski definition) is 4. The van der Waals surface area contributed by atoms with Gasteiger partial charge in [0.15, 0.2) is 0 Å². The van der Waals surface area contributed by atoms with E-state index in [4.69, 9.17) is 5.11 Å². The number of amides is 1. The highest BCUT2D eigenvalue weighted by Crippen LogP contribution is 2.13. The van der Waals surface area contributed by atoms with E-state index in [2.05, 4.69) is 6.07 Å². The van der Waals surface area contributed by atoms with E-state index in [0.717, 1.165) is 6.07 Å². The third-order valence-corrected chi connectivity index (χ3v) is 2.46. The molecule has 1 amide bonds. The molecular weight excluding hydrogens is 252 g/mol. The summed E-state index contributed by atoms with van der Waals surface area (Å²) in [6, 6.07) is 6.31. The fourth-order valence-electron chi connectivity index (χ4n) is 1.48. The molecule has 7 nitrogen and oxygen atoms in total. The van der Waals surface area contributed by atoms with Crippen molar-refractivity contribution in [2.75, 3.05) is 13.6 Å². The minimum Gasteiger partial charge on any atom is -0.481 e. The Morgan fingerprint density at radius 3 is 2.79 bits per heavy atom. The fourth-order valence-corrected chi connectivity index (χ4v) is 1.48. The van der Waals surface area contributed by atoms with Crippen LogP contribution in [0.25, 0.3) is 0 Å². The number of aliphatic carboxylic acids is 1. The van der Waals surface area contributed by atoms with Crippen molar-refractivity contribution in [3.8, 4) is 0 Å². The van der Waals surface area contributed by atoms with Gasteiger partial charge in [-0.3, -0.25) is 19.7 Å². The minimum absolute atomic E-state index is 0.0274. The second kappa shape index (κ2) is 6.48.